The summed E-state index contributed by atoms with van der Waals surface area (Å²) in [5, 5.41) is 14.2. The van der Waals surface area contributed by atoms with E-state index >= 15 is 0 Å². The zero-order chi connectivity index (χ0) is 12.6. The molecule has 2 aromatic rings. The zero-order valence-corrected chi connectivity index (χ0v) is 9.97. The third kappa shape index (κ3) is 1.73. The summed E-state index contributed by atoms with van der Waals surface area (Å²) < 4.78 is 6.70. The van der Waals surface area contributed by atoms with Gasteiger partial charge in [0.1, 0.15) is 5.75 Å². The van der Waals surface area contributed by atoms with E-state index in [1.54, 1.807) is 18.2 Å². The SMILES string of the molecule is COc1cccc2nn(C(C)C)c(C(=O)O)c12. The Kier molecular flexibility index (Phi) is 2.75. The summed E-state index contributed by atoms with van der Waals surface area (Å²) in [5.41, 5.74) is 0.808. The first-order chi connectivity index (χ1) is 8.06. The monoisotopic (exact) mass is 234 g/mol. The van der Waals surface area contributed by atoms with Crippen LogP contribution in [0.5, 0.6) is 5.75 Å². The number of aromatic carboxylic acids is 1. The quantitative estimate of drug-likeness (QED) is 0.885. The Balaban J connectivity index is 2.86. The van der Waals surface area contributed by atoms with E-state index in [-0.39, 0.29) is 11.7 Å². The fourth-order valence-electron chi connectivity index (χ4n) is 1.87. The van der Waals surface area contributed by atoms with Crippen LogP contribution in [0, 0.1) is 0 Å². The normalized spacial score (nSPS) is 11.1. The van der Waals surface area contributed by atoms with E-state index in [0.29, 0.717) is 16.7 Å². The lowest BCUT2D eigenvalue weighted by molar-refractivity contribution is 0.0683. The second kappa shape index (κ2) is 4.08. The Morgan fingerprint density at radius 3 is 2.71 bits per heavy atom. The van der Waals surface area contributed by atoms with E-state index in [1.807, 2.05) is 13.8 Å². The number of carbonyl (C=O) groups is 1. The van der Waals surface area contributed by atoms with Crippen LogP contribution in [0.4, 0.5) is 0 Å². The average molecular weight is 234 g/mol. The summed E-state index contributed by atoms with van der Waals surface area (Å²) in [6, 6.07) is 5.30. The Labute approximate surface area is 98.6 Å². The Bertz CT molecular complexity index is 572. The predicted octanol–water partition coefficient (Wildman–Crippen LogP) is 2.32. The number of fused-ring (bicyclic) bond motifs is 1. The molecule has 0 atom stereocenters. The minimum atomic E-state index is -0.995. The average Bonchev–Trinajstić information content (AvgIpc) is 2.67. The molecular weight excluding hydrogens is 220 g/mol. The van der Waals surface area contributed by atoms with Crippen molar-refractivity contribution in [2.45, 2.75) is 19.9 Å². The zero-order valence-electron chi connectivity index (χ0n) is 9.97. The maximum atomic E-state index is 11.4. The van der Waals surface area contributed by atoms with Gasteiger partial charge in [0.25, 0.3) is 0 Å². The lowest BCUT2D eigenvalue weighted by Gasteiger charge is -2.08. The highest BCUT2D eigenvalue weighted by atomic mass is 16.5. The Hall–Kier alpha value is -2.04. The van der Waals surface area contributed by atoms with Crippen molar-refractivity contribution in [2.75, 3.05) is 7.11 Å². The van der Waals surface area contributed by atoms with Crippen molar-refractivity contribution in [3.05, 3.63) is 23.9 Å². The molecule has 0 bridgehead atoms. The van der Waals surface area contributed by atoms with Crippen molar-refractivity contribution in [1.82, 2.24) is 9.78 Å². The minimum Gasteiger partial charge on any atom is -0.496 e. The molecule has 0 saturated carbocycles. The van der Waals surface area contributed by atoms with Gasteiger partial charge in [-0.05, 0) is 26.0 Å². The molecular formula is C12H14N2O3. The van der Waals surface area contributed by atoms with Crippen molar-refractivity contribution in [3.8, 4) is 5.75 Å². The summed E-state index contributed by atoms with van der Waals surface area (Å²) in [5.74, 6) is -0.461. The van der Waals surface area contributed by atoms with E-state index in [1.165, 1.54) is 11.8 Å². The van der Waals surface area contributed by atoms with Gasteiger partial charge in [0.2, 0.25) is 0 Å². The number of hydrogen-bond acceptors (Lipinski definition) is 3. The van der Waals surface area contributed by atoms with E-state index in [4.69, 9.17) is 4.74 Å². The van der Waals surface area contributed by atoms with Crippen LogP contribution < -0.4 is 4.74 Å². The Morgan fingerprint density at radius 2 is 2.18 bits per heavy atom. The number of aromatic nitrogens is 2. The molecule has 5 heteroatoms. The number of nitrogens with zero attached hydrogens (tertiary/aromatic N) is 2. The fraction of sp³-hybridized carbons (Fsp3) is 0.333. The van der Waals surface area contributed by atoms with Gasteiger partial charge in [0.15, 0.2) is 5.69 Å². The Morgan fingerprint density at radius 1 is 1.47 bits per heavy atom. The molecule has 5 nitrogen and oxygen atoms in total. The predicted molar refractivity (Wildman–Crippen MR) is 63.6 cm³/mol. The van der Waals surface area contributed by atoms with Crippen molar-refractivity contribution < 1.29 is 14.6 Å². The number of hydrogen-bond donors (Lipinski definition) is 1. The molecule has 0 aliphatic heterocycles. The lowest BCUT2D eigenvalue weighted by atomic mass is 10.2. The highest BCUT2D eigenvalue weighted by Gasteiger charge is 2.22. The van der Waals surface area contributed by atoms with Gasteiger partial charge in [-0.3, -0.25) is 4.68 Å². The van der Waals surface area contributed by atoms with Crippen molar-refractivity contribution in [3.63, 3.8) is 0 Å². The van der Waals surface area contributed by atoms with Crippen LogP contribution in [0.3, 0.4) is 0 Å². The maximum absolute atomic E-state index is 11.4. The highest BCUT2D eigenvalue weighted by molar-refractivity contribution is 6.04. The summed E-state index contributed by atoms with van der Waals surface area (Å²) in [6.45, 7) is 3.79. The molecule has 0 aliphatic carbocycles. The van der Waals surface area contributed by atoms with Crippen LogP contribution in [0.1, 0.15) is 30.4 Å². The van der Waals surface area contributed by atoms with Gasteiger partial charge in [-0.25, -0.2) is 4.79 Å². The smallest absolute Gasteiger partial charge is 0.354 e. The van der Waals surface area contributed by atoms with Crippen molar-refractivity contribution in [1.29, 1.82) is 0 Å². The number of ether oxygens (including phenoxy) is 1. The highest BCUT2D eigenvalue weighted by Crippen LogP contribution is 2.30. The summed E-state index contributed by atoms with van der Waals surface area (Å²) in [4.78, 5) is 11.4. The second-order valence-electron chi connectivity index (χ2n) is 4.05. The molecule has 1 heterocycles. The minimum absolute atomic E-state index is 0.0155. The van der Waals surface area contributed by atoms with E-state index in [9.17, 15) is 9.90 Å². The van der Waals surface area contributed by atoms with Crippen LogP contribution in [0.15, 0.2) is 18.2 Å². The molecule has 0 fully saturated rings. The molecule has 1 aromatic carbocycles. The number of methoxy groups -OCH3 is 1. The number of carboxylic acid groups (broad SMARTS) is 1. The van der Waals surface area contributed by atoms with E-state index in [0.717, 1.165) is 0 Å². The molecule has 0 saturated heterocycles. The van der Waals surface area contributed by atoms with E-state index < -0.39 is 5.97 Å². The summed E-state index contributed by atoms with van der Waals surface area (Å²) >= 11 is 0. The van der Waals surface area contributed by atoms with Crippen molar-refractivity contribution in [2.24, 2.45) is 0 Å². The van der Waals surface area contributed by atoms with Crippen LogP contribution in [-0.4, -0.2) is 28.0 Å². The van der Waals surface area contributed by atoms with Crippen LogP contribution in [0.25, 0.3) is 10.9 Å². The maximum Gasteiger partial charge on any atom is 0.354 e. The van der Waals surface area contributed by atoms with E-state index in [2.05, 4.69) is 5.10 Å². The van der Waals surface area contributed by atoms with Gasteiger partial charge in [-0.2, -0.15) is 5.10 Å². The number of carboxylic acids is 1. The van der Waals surface area contributed by atoms with Gasteiger partial charge in [-0.1, -0.05) is 6.07 Å². The first-order valence-electron chi connectivity index (χ1n) is 5.34. The molecule has 0 radical (unpaired) electrons. The molecule has 0 aliphatic rings. The molecule has 0 amide bonds. The molecule has 0 spiro atoms. The van der Waals surface area contributed by atoms with Gasteiger partial charge in [-0.15, -0.1) is 0 Å². The molecule has 1 N–H and O–H groups in total. The fourth-order valence-corrected chi connectivity index (χ4v) is 1.87. The van der Waals surface area contributed by atoms with Gasteiger partial charge < -0.3 is 9.84 Å². The molecule has 1 aromatic heterocycles. The summed E-state index contributed by atoms with van der Waals surface area (Å²) in [7, 11) is 1.52. The van der Waals surface area contributed by atoms with Gasteiger partial charge in [0, 0.05) is 6.04 Å². The van der Waals surface area contributed by atoms with Crippen LogP contribution in [0.2, 0.25) is 0 Å². The second-order valence-corrected chi connectivity index (χ2v) is 4.05. The number of benzene rings is 1. The largest absolute Gasteiger partial charge is 0.496 e. The van der Waals surface area contributed by atoms with Crippen LogP contribution >= 0.6 is 0 Å². The topological polar surface area (TPSA) is 64.4 Å². The number of rotatable bonds is 3. The molecule has 17 heavy (non-hydrogen) atoms. The van der Waals surface area contributed by atoms with Gasteiger partial charge in [0.05, 0.1) is 18.0 Å². The summed E-state index contributed by atoms with van der Waals surface area (Å²) in [6.07, 6.45) is 0. The lowest BCUT2D eigenvalue weighted by Crippen LogP contribution is -2.12. The molecule has 0 unspecified atom stereocenters. The molecule has 90 valence electrons. The first-order valence-corrected chi connectivity index (χ1v) is 5.34. The van der Waals surface area contributed by atoms with Crippen LogP contribution in [-0.2, 0) is 0 Å². The third-order valence-corrected chi connectivity index (χ3v) is 2.60. The standard InChI is InChI=1S/C12H14N2O3/c1-7(2)14-11(12(15)16)10-8(13-14)5-4-6-9(10)17-3/h4-7H,1-3H3,(H,15,16). The first kappa shape index (κ1) is 11.4. The molecule has 2 rings (SSSR count). The van der Waals surface area contributed by atoms with Gasteiger partial charge >= 0.3 is 5.97 Å². The van der Waals surface area contributed by atoms with Crippen molar-refractivity contribution >= 4 is 16.9 Å². The third-order valence-electron chi connectivity index (χ3n) is 2.60.